The average Bonchev–Trinajstić information content (AvgIpc) is 2.43. The number of likely N-dealkylation sites (tertiary alicyclic amines) is 1. The van der Waals surface area contributed by atoms with Gasteiger partial charge in [-0.3, -0.25) is 9.29 Å². The Balaban J connectivity index is 1.81. The van der Waals surface area contributed by atoms with Gasteiger partial charge in [-0.2, -0.15) is 4.98 Å². The zero-order valence-electron chi connectivity index (χ0n) is 7.53. The van der Waals surface area contributed by atoms with Crippen LogP contribution in [-0.2, 0) is 6.54 Å². The van der Waals surface area contributed by atoms with E-state index in [0.717, 1.165) is 13.1 Å². The summed E-state index contributed by atoms with van der Waals surface area (Å²) in [6, 6.07) is 0. The van der Waals surface area contributed by atoms with Gasteiger partial charge >= 0.3 is 0 Å². The van der Waals surface area contributed by atoms with Crippen molar-refractivity contribution in [2.24, 2.45) is 5.92 Å². The van der Waals surface area contributed by atoms with Crippen molar-refractivity contribution in [2.75, 3.05) is 19.8 Å². The fraction of sp³-hybridized carbons (Fsp3) is 0.750. The van der Waals surface area contributed by atoms with Crippen molar-refractivity contribution in [2.45, 2.75) is 13.5 Å². The molecule has 0 radical (unpaired) electrons. The Labute approximate surface area is 75.7 Å². The Bertz CT molecular complexity index is 283. The van der Waals surface area contributed by atoms with E-state index in [0.29, 0.717) is 18.3 Å². The summed E-state index contributed by atoms with van der Waals surface area (Å²) in [4.78, 5) is 6.16. The minimum Gasteiger partial charge on any atom is -0.338 e. The Morgan fingerprint density at radius 1 is 1.62 bits per heavy atom. The summed E-state index contributed by atoms with van der Waals surface area (Å²) in [5.41, 5.74) is 0. The monoisotopic (exact) mass is 185 g/mol. The maximum atomic E-state index is 12.1. The third-order valence-corrected chi connectivity index (χ3v) is 2.18. The molecule has 2 heterocycles. The third-order valence-electron chi connectivity index (χ3n) is 2.18. The van der Waals surface area contributed by atoms with Crippen LogP contribution >= 0.6 is 0 Å². The van der Waals surface area contributed by atoms with Gasteiger partial charge in [0.1, 0.15) is 0 Å². The van der Waals surface area contributed by atoms with Crippen molar-refractivity contribution >= 4 is 0 Å². The molecule has 1 aliphatic heterocycles. The molecule has 1 fully saturated rings. The lowest BCUT2D eigenvalue weighted by atomic mass is 10.0. The molecule has 1 saturated heterocycles. The highest BCUT2D eigenvalue weighted by Crippen LogP contribution is 2.17. The first-order valence-electron chi connectivity index (χ1n) is 4.35. The predicted octanol–water partition coefficient (Wildman–Crippen LogP) is 0.779. The molecule has 4 nitrogen and oxygen atoms in total. The number of aromatic nitrogens is 2. The van der Waals surface area contributed by atoms with Crippen molar-refractivity contribution in [1.82, 2.24) is 15.0 Å². The Hall–Kier alpha value is -0.970. The number of hydrogen-bond donors (Lipinski definition) is 0. The van der Waals surface area contributed by atoms with Crippen molar-refractivity contribution in [3.05, 3.63) is 11.7 Å². The van der Waals surface area contributed by atoms with Gasteiger partial charge in [0, 0.05) is 19.0 Å². The van der Waals surface area contributed by atoms with E-state index in [9.17, 15) is 4.39 Å². The van der Waals surface area contributed by atoms with Crippen LogP contribution < -0.4 is 0 Å². The first kappa shape index (κ1) is 8.62. The maximum Gasteiger partial charge on any atom is 0.240 e. The molecular formula is C8H12FN3O. The summed E-state index contributed by atoms with van der Waals surface area (Å²) in [7, 11) is 0. The van der Waals surface area contributed by atoms with E-state index in [1.54, 1.807) is 6.92 Å². The topological polar surface area (TPSA) is 42.2 Å². The molecule has 2 rings (SSSR count). The molecule has 0 saturated carbocycles. The number of hydrogen-bond acceptors (Lipinski definition) is 4. The van der Waals surface area contributed by atoms with Gasteiger partial charge < -0.3 is 4.52 Å². The van der Waals surface area contributed by atoms with Gasteiger partial charge in [0.25, 0.3) is 0 Å². The second kappa shape index (κ2) is 3.41. The highest BCUT2D eigenvalue weighted by Gasteiger charge is 2.27. The molecule has 0 N–H and O–H groups in total. The van der Waals surface area contributed by atoms with Crippen LogP contribution in [0.1, 0.15) is 11.7 Å². The first-order valence-corrected chi connectivity index (χ1v) is 4.35. The predicted molar refractivity (Wildman–Crippen MR) is 43.8 cm³/mol. The first-order chi connectivity index (χ1) is 6.28. The molecule has 1 aromatic heterocycles. The molecule has 1 aromatic rings. The van der Waals surface area contributed by atoms with Crippen LogP contribution in [0.5, 0.6) is 0 Å². The minimum atomic E-state index is -0.223. The van der Waals surface area contributed by atoms with Crippen LogP contribution in [0.2, 0.25) is 0 Å². The third kappa shape index (κ3) is 1.85. The number of nitrogens with zero attached hydrogens (tertiary/aromatic N) is 3. The number of alkyl halides is 1. The van der Waals surface area contributed by atoms with Gasteiger partial charge in [0.05, 0.1) is 13.2 Å². The van der Waals surface area contributed by atoms with E-state index >= 15 is 0 Å². The Morgan fingerprint density at radius 2 is 2.38 bits per heavy atom. The fourth-order valence-corrected chi connectivity index (χ4v) is 1.50. The van der Waals surface area contributed by atoms with Crippen LogP contribution in [0.15, 0.2) is 4.52 Å². The SMILES string of the molecule is Cc1noc(CN2CC(CF)C2)n1. The largest absolute Gasteiger partial charge is 0.338 e. The van der Waals surface area contributed by atoms with E-state index in [1.165, 1.54) is 0 Å². The van der Waals surface area contributed by atoms with Crippen molar-refractivity contribution in [1.29, 1.82) is 0 Å². The van der Waals surface area contributed by atoms with Gasteiger partial charge in [-0.25, -0.2) is 0 Å². The van der Waals surface area contributed by atoms with Crippen molar-refractivity contribution in [3.63, 3.8) is 0 Å². The second-order valence-corrected chi connectivity index (χ2v) is 3.45. The molecule has 0 unspecified atom stereocenters. The molecule has 0 bridgehead atoms. The van der Waals surface area contributed by atoms with Gasteiger partial charge in [0.15, 0.2) is 5.82 Å². The van der Waals surface area contributed by atoms with E-state index in [-0.39, 0.29) is 12.6 Å². The fourth-order valence-electron chi connectivity index (χ4n) is 1.50. The van der Waals surface area contributed by atoms with E-state index in [4.69, 9.17) is 4.52 Å². The normalized spacial score (nSPS) is 18.9. The molecular weight excluding hydrogens is 173 g/mol. The lowest BCUT2D eigenvalue weighted by Gasteiger charge is -2.36. The van der Waals surface area contributed by atoms with Crippen LogP contribution in [0.4, 0.5) is 4.39 Å². The molecule has 13 heavy (non-hydrogen) atoms. The highest BCUT2D eigenvalue weighted by molar-refractivity contribution is 4.87. The van der Waals surface area contributed by atoms with Gasteiger partial charge in [-0.1, -0.05) is 5.16 Å². The molecule has 72 valence electrons. The van der Waals surface area contributed by atoms with Gasteiger partial charge in [0.2, 0.25) is 5.89 Å². The molecule has 0 amide bonds. The molecule has 0 aliphatic carbocycles. The van der Waals surface area contributed by atoms with Gasteiger partial charge in [-0.05, 0) is 6.92 Å². The summed E-state index contributed by atoms with van der Waals surface area (Å²) < 4.78 is 17.0. The van der Waals surface area contributed by atoms with Crippen LogP contribution in [0.3, 0.4) is 0 Å². The number of rotatable bonds is 3. The van der Waals surface area contributed by atoms with Crippen LogP contribution in [0.25, 0.3) is 0 Å². The van der Waals surface area contributed by atoms with Crippen LogP contribution in [0, 0.1) is 12.8 Å². The number of halogens is 1. The quantitative estimate of drug-likeness (QED) is 0.697. The van der Waals surface area contributed by atoms with Crippen LogP contribution in [-0.4, -0.2) is 34.8 Å². The zero-order valence-corrected chi connectivity index (χ0v) is 7.53. The van der Waals surface area contributed by atoms with E-state index in [1.807, 2.05) is 0 Å². The highest BCUT2D eigenvalue weighted by atomic mass is 19.1. The number of aryl methyl sites for hydroxylation is 1. The van der Waals surface area contributed by atoms with Gasteiger partial charge in [-0.15, -0.1) is 0 Å². The van der Waals surface area contributed by atoms with E-state index in [2.05, 4.69) is 15.0 Å². The van der Waals surface area contributed by atoms with E-state index < -0.39 is 0 Å². The molecule has 0 spiro atoms. The Kier molecular flexibility index (Phi) is 2.26. The summed E-state index contributed by atoms with van der Waals surface area (Å²) in [6.07, 6.45) is 0. The Morgan fingerprint density at radius 3 is 2.92 bits per heavy atom. The molecule has 0 aromatic carbocycles. The summed E-state index contributed by atoms with van der Waals surface area (Å²) in [6.45, 7) is 3.82. The van der Waals surface area contributed by atoms with Crippen molar-refractivity contribution in [3.8, 4) is 0 Å². The maximum absolute atomic E-state index is 12.1. The molecule has 5 heteroatoms. The lowest BCUT2D eigenvalue weighted by molar-refractivity contribution is 0.0634. The summed E-state index contributed by atoms with van der Waals surface area (Å²) >= 11 is 0. The standard InChI is InChI=1S/C8H12FN3O/c1-6-10-8(13-11-6)5-12-3-7(2-9)4-12/h7H,2-5H2,1H3. The molecule has 0 atom stereocenters. The zero-order chi connectivity index (χ0) is 9.26. The minimum absolute atomic E-state index is 0.212. The summed E-state index contributed by atoms with van der Waals surface area (Å²) in [5, 5.41) is 3.68. The average molecular weight is 185 g/mol. The molecule has 1 aliphatic rings. The second-order valence-electron chi connectivity index (χ2n) is 3.45. The lowest BCUT2D eigenvalue weighted by Crippen LogP contribution is -2.46. The van der Waals surface area contributed by atoms with Crippen molar-refractivity contribution < 1.29 is 8.91 Å². The smallest absolute Gasteiger partial charge is 0.240 e. The summed E-state index contributed by atoms with van der Waals surface area (Å²) in [5.74, 6) is 1.48.